The maximum Gasteiger partial charge on any atom is 0.295 e. The lowest BCUT2D eigenvalue weighted by Crippen LogP contribution is -2.35. The molecule has 2 aliphatic rings. The third-order valence-electron chi connectivity index (χ3n) is 6.24. The van der Waals surface area contributed by atoms with Gasteiger partial charge in [0.25, 0.3) is 11.7 Å². The van der Waals surface area contributed by atoms with Crippen molar-refractivity contribution in [2.24, 2.45) is 0 Å². The third kappa shape index (κ3) is 4.53. The van der Waals surface area contributed by atoms with Crippen molar-refractivity contribution >= 4 is 17.4 Å². The van der Waals surface area contributed by atoms with Crippen LogP contribution in [0.2, 0.25) is 0 Å². The highest BCUT2D eigenvalue weighted by Gasteiger charge is 2.46. The highest BCUT2D eigenvalue weighted by Crippen LogP contribution is 2.41. The molecular weight excluding hydrogens is 432 g/mol. The number of benzene rings is 2. The molecule has 0 spiro atoms. The quantitative estimate of drug-likeness (QED) is 0.413. The van der Waals surface area contributed by atoms with Crippen molar-refractivity contribution in [1.82, 2.24) is 9.80 Å². The van der Waals surface area contributed by atoms with Gasteiger partial charge in [0, 0.05) is 18.7 Å². The first-order chi connectivity index (χ1) is 16.1. The lowest BCUT2D eigenvalue weighted by molar-refractivity contribution is -0.140. The summed E-state index contributed by atoms with van der Waals surface area (Å²) in [5.74, 6) is -0.416. The molecule has 0 aromatic heterocycles. The molecule has 2 heterocycles. The van der Waals surface area contributed by atoms with Crippen LogP contribution in [-0.4, -0.2) is 67.0 Å². The van der Waals surface area contributed by atoms with E-state index in [2.05, 4.69) is 20.8 Å². The maximum absolute atomic E-state index is 13.2. The molecule has 0 radical (unpaired) electrons. The van der Waals surface area contributed by atoms with E-state index in [0.717, 1.165) is 11.1 Å². The molecule has 4 rings (SSSR count). The largest absolute Gasteiger partial charge is 0.507 e. The van der Waals surface area contributed by atoms with Gasteiger partial charge in [-0.15, -0.1) is 0 Å². The van der Waals surface area contributed by atoms with Gasteiger partial charge in [0.1, 0.15) is 19.0 Å². The van der Waals surface area contributed by atoms with Gasteiger partial charge in [-0.2, -0.15) is 0 Å². The molecule has 7 nitrogen and oxygen atoms in total. The van der Waals surface area contributed by atoms with Gasteiger partial charge in [-0.1, -0.05) is 45.0 Å². The van der Waals surface area contributed by atoms with Gasteiger partial charge in [0.2, 0.25) is 0 Å². The van der Waals surface area contributed by atoms with E-state index in [0.29, 0.717) is 43.4 Å². The Bertz CT molecular complexity index is 1130. The Morgan fingerprint density at radius 1 is 1.03 bits per heavy atom. The Morgan fingerprint density at radius 3 is 2.29 bits per heavy atom. The number of ether oxygens (including phenoxy) is 2. The minimum absolute atomic E-state index is 0.0313. The molecule has 1 atom stereocenters. The lowest BCUT2D eigenvalue weighted by Gasteiger charge is -2.27. The van der Waals surface area contributed by atoms with E-state index in [1.165, 1.54) is 0 Å². The summed E-state index contributed by atoms with van der Waals surface area (Å²) < 4.78 is 11.2. The summed E-state index contributed by atoms with van der Waals surface area (Å²) in [5.41, 5.74) is 2.39. The second-order valence-electron chi connectivity index (χ2n) is 10.0. The number of aliphatic hydroxyl groups is 1. The number of amides is 1. The number of nitrogens with zero attached hydrogens (tertiary/aromatic N) is 2. The lowest BCUT2D eigenvalue weighted by atomic mass is 9.85. The van der Waals surface area contributed by atoms with Crippen LogP contribution in [-0.2, 0) is 15.0 Å². The SMILES string of the molecule is CN(C)CCN1C(=O)C(=O)/C(=C(/O)c2ccc3c(c2)OCCO3)C1c1ccc(C(C)(C)C)cc1. The number of rotatable bonds is 5. The molecule has 34 heavy (non-hydrogen) atoms. The van der Waals surface area contributed by atoms with Gasteiger partial charge in [-0.05, 0) is 48.8 Å². The number of aliphatic hydroxyl groups excluding tert-OH is 1. The Morgan fingerprint density at radius 2 is 1.68 bits per heavy atom. The van der Waals surface area contributed by atoms with Crippen LogP contribution in [0.4, 0.5) is 0 Å². The fourth-order valence-corrected chi connectivity index (χ4v) is 4.28. The van der Waals surface area contributed by atoms with Gasteiger partial charge in [-0.3, -0.25) is 9.59 Å². The van der Waals surface area contributed by atoms with E-state index in [1.54, 1.807) is 23.1 Å². The molecule has 2 aliphatic heterocycles. The molecule has 1 saturated heterocycles. The smallest absolute Gasteiger partial charge is 0.295 e. The first-order valence-corrected chi connectivity index (χ1v) is 11.5. The Hall–Kier alpha value is -3.32. The Balaban J connectivity index is 1.81. The third-order valence-corrected chi connectivity index (χ3v) is 6.24. The van der Waals surface area contributed by atoms with Gasteiger partial charge >= 0.3 is 0 Å². The van der Waals surface area contributed by atoms with E-state index < -0.39 is 17.7 Å². The van der Waals surface area contributed by atoms with Crippen LogP contribution in [0.1, 0.15) is 43.5 Å². The standard InChI is InChI=1S/C27H32N2O5/c1-27(2,3)19-9-6-17(7-10-19)23-22(25(31)26(32)29(23)13-12-28(4)5)24(30)18-8-11-20-21(16-18)34-15-14-33-20/h6-11,16,23,30H,12-15H2,1-5H3/b24-22+. The van der Waals surface area contributed by atoms with E-state index in [9.17, 15) is 14.7 Å². The van der Waals surface area contributed by atoms with Crippen LogP contribution in [0, 0.1) is 0 Å². The van der Waals surface area contributed by atoms with Crippen LogP contribution >= 0.6 is 0 Å². The van der Waals surface area contributed by atoms with Crippen LogP contribution in [0.25, 0.3) is 5.76 Å². The second kappa shape index (κ2) is 9.14. The van der Waals surface area contributed by atoms with Crippen LogP contribution in [0.3, 0.4) is 0 Å². The number of ketones is 1. The van der Waals surface area contributed by atoms with E-state index in [1.807, 2.05) is 43.3 Å². The molecule has 7 heteroatoms. The molecule has 1 N–H and O–H groups in total. The van der Waals surface area contributed by atoms with Crippen molar-refractivity contribution in [2.45, 2.75) is 32.2 Å². The topological polar surface area (TPSA) is 79.3 Å². The van der Waals surface area contributed by atoms with Gasteiger partial charge in [0.05, 0.1) is 11.6 Å². The minimum atomic E-state index is -0.684. The molecule has 1 fully saturated rings. The zero-order chi connectivity index (χ0) is 24.6. The first-order valence-electron chi connectivity index (χ1n) is 11.5. The highest BCUT2D eigenvalue weighted by atomic mass is 16.6. The molecule has 0 saturated carbocycles. The number of likely N-dealkylation sites (N-methyl/N-ethyl adjacent to an activating group) is 1. The Kier molecular flexibility index (Phi) is 6.41. The van der Waals surface area contributed by atoms with Crippen molar-refractivity contribution < 1.29 is 24.2 Å². The van der Waals surface area contributed by atoms with Crippen molar-refractivity contribution in [2.75, 3.05) is 40.4 Å². The highest BCUT2D eigenvalue weighted by molar-refractivity contribution is 6.46. The molecule has 0 aliphatic carbocycles. The number of carbonyl (C=O) groups is 2. The first kappa shape index (κ1) is 23.8. The number of fused-ring (bicyclic) bond motifs is 1. The second-order valence-corrected chi connectivity index (χ2v) is 10.0. The number of hydrogen-bond acceptors (Lipinski definition) is 6. The average molecular weight is 465 g/mol. The number of hydrogen-bond donors (Lipinski definition) is 1. The van der Waals surface area contributed by atoms with Crippen molar-refractivity contribution in [3.8, 4) is 11.5 Å². The van der Waals surface area contributed by atoms with E-state index in [4.69, 9.17) is 9.47 Å². The van der Waals surface area contributed by atoms with Crippen molar-refractivity contribution in [3.63, 3.8) is 0 Å². The van der Waals surface area contributed by atoms with Gasteiger partial charge < -0.3 is 24.4 Å². The number of likely N-dealkylation sites (tertiary alicyclic amines) is 1. The fourth-order valence-electron chi connectivity index (χ4n) is 4.28. The maximum atomic E-state index is 13.2. The zero-order valence-corrected chi connectivity index (χ0v) is 20.4. The van der Waals surface area contributed by atoms with Crippen LogP contribution < -0.4 is 9.47 Å². The Labute approximate surface area is 200 Å². The summed E-state index contributed by atoms with van der Waals surface area (Å²) in [5, 5.41) is 11.3. The van der Waals surface area contributed by atoms with Crippen molar-refractivity contribution in [1.29, 1.82) is 0 Å². The molecule has 0 bridgehead atoms. The average Bonchev–Trinajstić information content (AvgIpc) is 3.06. The summed E-state index contributed by atoms with van der Waals surface area (Å²) >= 11 is 0. The minimum Gasteiger partial charge on any atom is -0.507 e. The number of Topliss-reactive ketones (excluding diaryl/α,β-unsaturated/α-hetero) is 1. The molecule has 1 unspecified atom stereocenters. The van der Waals surface area contributed by atoms with Crippen LogP contribution in [0.5, 0.6) is 11.5 Å². The predicted molar refractivity (Wildman–Crippen MR) is 130 cm³/mol. The summed E-state index contributed by atoms with van der Waals surface area (Å²) in [6, 6.07) is 12.3. The summed E-state index contributed by atoms with van der Waals surface area (Å²) in [7, 11) is 3.83. The fraction of sp³-hybridized carbons (Fsp3) is 0.407. The van der Waals surface area contributed by atoms with Crippen molar-refractivity contribution in [3.05, 3.63) is 64.7 Å². The van der Waals surface area contributed by atoms with E-state index in [-0.39, 0.29) is 16.7 Å². The van der Waals surface area contributed by atoms with Gasteiger partial charge in [0.15, 0.2) is 11.5 Å². The molecule has 1 amide bonds. The summed E-state index contributed by atoms with van der Waals surface area (Å²) in [4.78, 5) is 29.8. The molecular formula is C27H32N2O5. The molecule has 2 aromatic carbocycles. The molecule has 2 aromatic rings. The van der Waals surface area contributed by atoms with E-state index >= 15 is 0 Å². The van der Waals surface area contributed by atoms with Crippen LogP contribution in [0.15, 0.2) is 48.0 Å². The summed E-state index contributed by atoms with van der Waals surface area (Å²) in [6.45, 7) is 8.22. The normalized spacial score (nSPS) is 19.7. The monoisotopic (exact) mass is 464 g/mol. The van der Waals surface area contributed by atoms with Gasteiger partial charge in [-0.25, -0.2) is 0 Å². The number of carbonyl (C=O) groups excluding carboxylic acids is 2. The predicted octanol–water partition coefficient (Wildman–Crippen LogP) is 3.74. The zero-order valence-electron chi connectivity index (χ0n) is 20.4. The summed E-state index contributed by atoms with van der Waals surface area (Å²) in [6.07, 6.45) is 0. The molecule has 180 valence electrons.